The highest BCUT2D eigenvalue weighted by Crippen LogP contribution is 2.31. The van der Waals surface area contributed by atoms with E-state index in [4.69, 9.17) is 5.73 Å². The number of aromatic amines is 1. The molecule has 2 heterocycles. The van der Waals surface area contributed by atoms with Crippen LogP contribution in [-0.4, -0.2) is 20.7 Å². The van der Waals surface area contributed by atoms with E-state index in [1.165, 1.54) is 12.1 Å². The summed E-state index contributed by atoms with van der Waals surface area (Å²) in [5.74, 6) is -0.702. The van der Waals surface area contributed by atoms with Crippen LogP contribution in [0.3, 0.4) is 0 Å². The summed E-state index contributed by atoms with van der Waals surface area (Å²) in [5.41, 5.74) is 8.81. The molecular formula is C17H13FN4O. The molecule has 0 aliphatic rings. The van der Waals surface area contributed by atoms with Gasteiger partial charge in [-0.3, -0.25) is 9.48 Å². The Bertz CT molecular complexity index is 1050. The lowest BCUT2D eigenvalue weighted by molar-refractivity contribution is -0.118. The Labute approximate surface area is 130 Å². The van der Waals surface area contributed by atoms with Crippen LogP contribution in [0.2, 0.25) is 0 Å². The maximum atomic E-state index is 13.3. The Hall–Kier alpha value is -3.15. The van der Waals surface area contributed by atoms with Gasteiger partial charge in [0.25, 0.3) is 0 Å². The van der Waals surface area contributed by atoms with Gasteiger partial charge in [0.2, 0.25) is 5.91 Å². The monoisotopic (exact) mass is 308 g/mol. The molecular weight excluding hydrogens is 295 g/mol. The highest BCUT2D eigenvalue weighted by atomic mass is 19.1. The number of primary amides is 1. The predicted molar refractivity (Wildman–Crippen MR) is 86.2 cm³/mol. The number of H-pyrrole nitrogens is 1. The predicted octanol–water partition coefficient (Wildman–Crippen LogP) is 2.81. The molecule has 2 aromatic carbocycles. The first-order chi connectivity index (χ1) is 11.1. The van der Waals surface area contributed by atoms with Crippen molar-refractivity contribution in [3.05, 3.63) is 54.6 Å². The van der Waals surface area contributed by atoms with E-state index < -0.39 is 5.91 Å². The molecule has 0 aliphatic heterocycles. The Morgan fingerprint density at radius 2 is 2.13 bits per heavy atom. The fourth-order valence-corrected chi connectivity index (χ4v) is 2.87. The second-order valence-corrected chi connectivity index (χ2v) is 5.43. The summed E-state index contributed by atoms with van der Waals surface area (Å²) in [7, 11) is 0. The summed E-state index contributed by atoms with van der Waals surface area (Å²) in [6.07, 6.45) is 3.56. The minimum atomic E-state index is -0.433. The third-order valence-electron chi connectivity index (χ3n) is 3.90. The van der Waals surface area contributed by atoms with Crippen molar-refractivity contribution >= 4 is 27.7 Å². The van der Waals surface area contributed by atoms with Gasteiger partial charge in [-0.2, -0.15) is 5.10 Å². The van der Waals surface area contributed by atoms with Crippen molar-refractivity contribution in [3.8, 4) is 11.1 Å². The van der Waals surface area contributed by atoms with Crippen LogP contribution in [-0.2, 0) is 11.3 Å². The number of fused-ring (bicyclic) bond motifs is 2. The van der Waals surface area contributed by atoms with Crippen LogP contribution in [0, 0.1) is 5.82 Å². The number of nitrogens with one attached hydrogen (secondary N) is 1. The maximum Gasteiger partial charge on any atom is 0.239 e. The van der Waals surface area contributed by atoms with E-state index in [1.54, 1.807) is 16.9 Å². The molecule has 0 atom stereocenters. The minimum Gasteiger partial charge on any atom is -0.368 e. The number of carbonyl (C=O) groups is 1. The zero-order valence-electron chi connectivity index (χ0n) is 12.1. The molecule has 114 valence electrons. The van der Waals surface area contributed by atoms with Crippen LogP contribution in [0.4, 0.5) is 4.39 Å². The fourth-order valence-electron chi connectivity index (χ4n) is 2.87. The Balaban J connectivity index is 1.83. The summed E-state index contributed by atoms with van der Waals surface area (Å²) in [6, 6.07) is 10.5. The molecule has 3 N–H and O–H groups in total. The van der Waals surface area contributed by atoms with E-state index in [9.17, 15) is 9.18 Å². The molecule has 2 aromatic heterocycles. The average Bonchev–Trinajstić information content (AvgIpc) is 3.10. The van der Waals surface area contributed by atoms with Crippen LogP contribution in [0.5, 0.6) is 0 Å². The molecule has 6 heteroatoms. The van der Waals surface area contributed by atoms with E-state index in [0.717, 1.165) is 32.9 Å². The molecule has 0 aliphatic carbocycles. The quantitative estimate of drug-likeness (QED) is 0.610. The van der Waals surface area contributed by atoms with Gasteiger partial charge in [-0.15, -0.1) is 0 Å². The van der Waals surface area contributed by atoms with Gasteiger partial charge in [0.1, 0.15) is 12.4 Å². The summed E-state index contributed by atoms with van der Waals surface area (Å²) < 4.78 is 14.9. The number of nitrogens with two attached hydrogens (primary N) is 1. The number of halogens is 1. The number of amides is 1. The van der Waals surface area contributed by atoms with Crippen LogP contribution in [0.1, 0.15) is 0 Å². The van der Waals surface area contributed by atoms with Gasteiger partial charge in [0, 0.05) is 28.0 Å². The van der Waals surface area contributed by atoms with Crippen LogP contribution in [0.15, 0.2) is 48.8 Å². The number of hydrogen-bond donors (Lipinski definition) is 2. The smallest absolute Gasteiger partial charge is 0.239 e. The third kappa shape index (κ3) is 2.24. The van der Waals surface area contributed by atoms with Gasteiger partial charge in [0.05, 0.1) is 11.7 Å². The molecule has 23 heavy (non-hydrogen) atoms. The van der Waals surface area contributed by atoms with Crippen molar-refractivity contribution in [2.45, 2.75) is 6.54 Å². The molecule has 4 rings (SSSR count). The number of benzene rings is 2. The second kappa shape index (κ2) is 4.95. The molecule has 0 saturated heterocycles. The fraction of sp³-hybridized carbons (Fsp3) is 0.0588. The van der Waals surface area contributed by atoms with Gasteiger partial charge in [0.15, 0.2) is 0 Å². The summed E-state index contributed by atoms with van der Waals surface area (Å²) >= 11 is 0. The summed E-state index contributed by atoms with van der Waals surface area (Å²) in [5, 5.41) is 6.06. The van der Waals surface area contributed by atoms with Crippen molar-refractivity contribution in [2.75, 3.05) is 0 Å². The van der Waals surface area contributed by atoms with E-state index in [1.807, 2.05) is 24.4 Å². The van der Waals surface area contributed by atoms with E-state index in [2.05, 4.69) is 10.1 Å². The van der Waals surface area contributed by atoms with Gasteiger partial charge < -0.3 is 10.7 Å². The number of rotatable bonds is 3. The lowest BCUT2D eigenvalue weighted by Gasteiger charge is -2.03. The Morgan fingerprint density at radius 1 is 1.26 bits per heavy atom. The summed E-state index contributed by atoms with van der Waals surface area (Å²) in [4.78, 5) is 14.1. The van der Waals surface area contributed by atoms with Crippen LogP contribution < -0.4 is 5.73 Å². The Morgan fingerprint density at radius 3 is 2.96 bits per heavy atom. The van der Waals surface area contributed by atoms with E-state index >= 15 is 0 Å². The van der Waals surface area contributed by atoms with Gasteiger partial charge >= 0.3 is 0 Å². The zero-order chi connectivity index (χ0) is 16.0. The minimum absolute atomic E-state index is 0.0508. The van der Waals surface area contributed by atoms with Crippen molar-refractivity contribution < 1.29 is 9.18 Å². The largest absolute Gasteiger partial charge is 0.368 e. The third-order valence-corrected chi connectivity index (χ3v) is 3.90. The lowest BCUT2D eigenvalue weighted by atomic mass is 10.0. The first-order valence-electron chi connectivity index (χ1n) is 7.13. The highest BCUT2D eigenvalue weighted by molar-refractivity contribution is 5.97. The van der Waals surface area contributed by atoms with E-state index in [-0.39, 0.29) is 12.4 Å². The Kier molecular flexibility index (Phi) is 2.90. The molecule has 0 spiro atoms. The average molecular weight is 308 g/mol. The number of carbonyl (C=O) groups excluding carboxylic acids is 1. The molecule has 0 radical (unpaired) electrons. The molecule has 4 aromatic rings. The maximum absolute atomic E-state index is 13.3. The number of aromatic nitrogens is 3. The van der Waals surface area contributed by atoms with Gasteiger partial charge in [-0.1, -0.05) is 6.07 Å². The second-order valence-electron chi connectivity index (χ2n) is 5.43. The molecule has 0 bridgehead atoms. The van der Waals surface area contributed by atoms with Crippen molar-refractivity contribution in [1.82, 2.24) is 14.8 Å². The topological polar surface area (TPSA) is 76.7 Å². The molecule has 0 unspecified atom stereocenters. The van der Waals surface area contributed by atoms with Crippen molar-refractivity contribution in [1.29, 1.82) is 0 Å². The molecule has 1 amide bonds. The number of hydrogen-bond acceptors (Lipinski definition) is 2. The first-order valence-corrected chi connectivity index (χ1v) is 7.13. The molecule has 5 nitrogen and oxygen atoms in total. The van der Waals surface area contributed by atoms with Crippen molar-refractivity contribution in [3.63, 3.8) is 0 Å². The normalized spacial score (nSPS) is 11.3. The first kappa shape index (κ1) is 13.5. The van der Waals surface area contributed by atoms with Crippen molar-refractivity contribution in [2.24, 2.45) is 5.73 Å². The molecule has 0 saturated carbocycles. The van der Waals surface area contributed by atoms with Crippen LogP contribution in [0.25, 0.3) is 32.9 Å². The van der Waals surface area contributed by atoms with Crippen LogP contribution >= 0.6 is 0 Å². The highest BCUT2D eigenvalue weighted by Gasteiger charge is 2.10. The molecule has 0 fully saturated rings. The number of nitrogens with zero attached hydrogens (tertiary/aromatic N) is 2. The summed E-state index contributed by atoms with van der Waals surface area (Å²) in [6.45, 7) is 0.0508. The van der Waals surface area contributed by atoms with Gasteiger partial charge in [-0.25, -0.2) is 4.39 Å². The SMILES string of the molecule is NC(=O)Cn1ncc2cc(-c3c[nH]c4cc(F)ccc34)ccc21. The zero-order valence-corrected chi connectivity index (χ0v) is 12.1. The lowest BCUT2D eigenvalue weighted by Crippen LogP contribution is -2.19. The van der Waals surface area contributed by atoms with Gasteiger partial charge in [-0.05, 0) is 35.9 Å². The van der Waals surface area contributed by atoms with E-state index in [0.29, 0.717) is 0 Å². The standard InChI is InChI=1S/C17H13FN4O/c18-12-2-3-13-14(8-20-15(13)6-12)10-1-4-16-11(5-10)7-21-22(16)9-17(19)23/h1-8,20H,9H2,(H2,19,23).